The van der Waals surface area contributed by atoms with Crippen molar-refractivity contribution >= 4 is 11.9 Å². The highest BCUT2D eigenvalue weighted by molar-refractivity contribution is 5.95. The molecule has 1 atom stereocenters. The van der Waals surface area contributed by atoms with E-state index in [1.54, 1.807) is 11.1 Å². The van der Waals surface area contributed by atoms with Crippen LogP contribution >= 0.6 is 0 Å². The summed E-state index contributed by atoms with van der Waals surface area (Å²) in [5.74, 6) is -0.943. The fourth-order valence-corrected chi connectivity index (χ4v) is 2.82. The lowest BCUT2D eigenvalue weighted by Gasteiger charge is -2.23. The Morgan fingerprint density at radius 2 is 2.27 bits per heavy atom. The molecule has 0 spiro atoms. The van der Waals surface area contributed by atoms with Crippen LogP contribution in [0, 0.1) is 12.8 Å². The van der Waals surface area contributed by atoms with E-state index in [1.165, 1.54) is 0 Å². The molecule has 7 nitrogen and oxygen atoms in total. The van der Waals surface area contributed by atoms with Crippen LogP contribution in [0.1, 0.15) is 35.8 Å². The van der Waals surface area contributed by atoms with E-state index in [-0.39, 0.29) is 18.2 Å². The molecule has 7 heteroatoms. The molecule has 1 unspecified atom stereocenters. The molecule has 2 rings (SSSR count). The average Bonchev–Trinajstić information content (AvgIpc) is 2.69. The summed E-state index contributed by atoms with van der Waals surface area (Å²) >= 11 is 0. The zero-order valence-corrected chi connectivity index (χ0v) is 13.2. The van der Waals surface area contributed by atoms with Gasteiger partial charge in [0.05, 0.1) is 18.2 Å². The van der Waals surface area contributed by atoms with Gasteiger partial charge in [-0.15, -0.1) is 0 Å². The van der Waals surface area contributed by atoms with Gasteiger partial charge in [0.15, 0.2) is 0 Å². The van der Waals surface area contributed by atoms with Gasteiger partial charge in [-0.05, 0) is 19.3 Å². The highest BCUT2D eigenvalue weighted by Gasteiger charge is 2.26. The van der Waals surface area contributed by atoms with E-state index in [0.717, 1.165) is 18.7 Å². The van der Waals surface area contributed by atoms with Crippen molar-refractivity contribution in [3.8, 4) is 0 Å². The van der Waals surface area contributed by atoms with Crippen LogP contribution in [0.2, 0.25) is 0 Å². The van der Waals surface area contributed by atoms with Crippen LogP contribution in [-0.2, 0) is 11.3 Å². The molecule has 2 heterocycles. The van der Waals surface area contributed by atoms with Crippen LogP contribution < -0.4 is 5.32 Å². The fourth-order valence-electron chi connectivity index (χ4n) is 2.82. The molecule has 1 aliphatic rings. The number of amides is 1. The van der Waals surface area contributed by atoms with Gasteiger partial charge in [0.25, 0.3) is 5.91 Å². The van der Waals surface area contributed by atoms with Crippen LogP contribution in [0.3, 0.4) is 0 Å². The Kier molecular flexibility index (Phi) is 5.54. The number of nitrogens with one attached hydrogen (secondary N) is 1. The third-order valence-electron chi connectivity index (χ3n) is 3.99. The standard InChI is InChI=1S/C15H24N4O3/c1-3-5-19-11(2)13(9-17-19)15(22)18-6-4-16-8-12(10-18)7-14(20)21/h9,12,16H,3-8,10H2,1-2H3,(H,20,21). The summed E-state index contributed by atoms with van der Waals surface area (Å²) in [5.41, 5.74) is 1.49. The molecule has 2 N–H and O–H groups in total. The third-order valence-corrected chi connectivity index (χ3v) is 3.99. The number of rotatable bonds is 5. The van der Waals surface area contributed by atoms with Crippen molar-refractivity contribution < 1.29 is 14.7 Å². The van der Waals surface area contributed by atoms with Gasteiger partial charge in [-0.3, -0.25) is 14.3 Å². The Bertz CT molecular complexity index is 541. The number of nitrogens with zero attached hydrogens (tertiary/aromatic N) is 3. The maximum absolute atomic E-state index is 12.7. The second kappa shape index (κ2) is 7.40. The molecule has 22 heavy (non-hydrogen) atoms. The van der Waals surface area contributed by atoms with Gasteiger partial charge in [0, 0.05) is 38.4 Å². The molecular formula is C15H24N4O3. The van der Waals surface area contributed by atoms with E-state index < -0.39 is 5.97 Å². The third kappa shape index (κ3) is 3.85. The largest absolute Gasteiger partial charge is 0.481 e. The van der Waals surface area contributed by atoms with Gasteiger partial charge in [-0.1, -0.05) is 6.92 Å². The Labute approximate surface area is 130 Å². The summed E-state index contributed by atoms with van der Waals surface area (Å²) in [6, 6.07) is 0. The molecule has 1 aliphatic heterocycles. The number of carboxylic acids is 1. The summed E-state index contributed by atoms with van der Waals surface area (Å²) in [6.45, 7) is 7.14. The SMILES string of the molecule is CCCn1ncc(C(=O)N2CCNCC(CC(=O)O)C2)c1C. The molecular weight excluding hydrogens is 284 g/mol. The minimum Gasteiger partial charge on any atom is -0.481 e. The van der Waals surface area contributed by atoms with Gasteiger partial charge in [-0.2, -0.15) is 5.10 Å². The number of hydrogen-bond acceptors (Lipinski definition) is 4. The van der Waals surface area contributed by atoms with Crippen molar-refractivity contribution in [3.63, 3.8) is 0 Å². The number of carboxylic acid groups (broad SMARTS) is 1. The highest BCUT2D eigenvalue weighted by Crippen LogP contribution is 2.15. The van der Waals surface area contributed by atoms with Gasteiger partial charge in [0.1, 0.15) is 0 Å². The molecule has 0 radical (unpaired) electrons. The molecule has 122 valence electrons. The fraction of sp³-hybridized carbons (Fsp3) is 0.667. The van der Waals surface area contributed by atoms with E-state index in [9.17, 15) is 9.59 Å². The molecule has 0 saturated carbocycles. The van der Waals surface area contributed by atoms with Gasteiger partial charge in [0.2, 0.25) is 0 Å². The first-order valence-corrected chi connectivity index (χ1v) is 7.77. The maximum atomic E-state index is 12.7. The Balaban J connectivity index is 2.11. The number of aliphatic carboxylic acids is 1. The number of aromatic nitrogens is 2. The molecule has 0 aliphatic carbocycles. The van der Waals surface area contributed by atoms with Crippen LogP contribution in [0.15, 0.2) is 6.20 Å². The minimum absolute atomic E-state index is 0.0565. The number of carbonyl (C=O) groups is 2. The first-order chi connectivity index (χ1) is 10.5. The summed E-state index contributed by atoms with van der Waals surface area (Å²) in [7, 11) is 0. The second-order valence-electron chi connectivity index (χ2n) is 5.79. The van der Waals surface area contributed by atoms with Crippen molar-refractivity contribution in [1.82, 2.24) is 20.0 Å². The summed E-state index contributed by atoms with van der Waals surface area (Å²) in [4.78, 5) is 25.4. The Hall–Kier alpha value is -1.89. The summed E-state index contributed by atoms with van der Waals surface area (Å²) in [6.07, 6.45) is 2.66. The zero-order chi connectivity index (χ0) is 16.1. The lowest BCUT2D eigenvalue weighted by atomic mass is 10.1. The monoisotopic (exact) mass is 308 g/mol. The van der Waals surface area contributed by atoms with Crippen LogP contribution in [0.25, 0.3) is 0 Å². The summed E-state index contributed by atoms with van der Waals surface area (Å²) < 4.78 is 1.85. The Morgan fingerprint density at radius 3 is 2.95 bits per heavy atom. The molecule has 1 aromatic heterocycles. The smallest absolute Gasteiger partial charge is 0.303 e. The molecule has 1 aromatic rings. The van der Waals surface area contributed by atoms with Crippen LogP contribution in [-0.4, -0.2) is 57.8 Å². The second-order valence-corrected chi connectivity index (χ2v) is 5.79. The molecule has 1 fully saturated rings. The van der Waals surface area contributed by atoms with Crippen molar-refractivity contribution in [2.24, 2.45) is 5.92 Å². The number of carbonyl (C=O) groups excluding carboxylic acids is 1. The first kappa shape index (κ1) is 16.5. The maximum Gasteiger partial charge on any atom is 0.303 e. The van der Waals surface area contributed by atoms with E-state index in [1.807, 2.05) is 11.6 Å². The lowest BCUT2D eigenvalue weighted by molar-refractivity contribution is -0.138. The summed E-state index contributed by atoms with van der Waals surface area (Å²) in [5, 5.41) is 16.4. The quantitative estimate of drug-likeness (QED) is 0.837. The molecule has 0 aromatic carbocycles. The van der Waals surface area contributed by atoms with Crippen molar-refractivity contribution in [3.05, 3.63) is 17.5 Å². The highest BCUT2D eigenvalue weighted by atomic mass is 16.4. The van der Waals surface area contributed by atoms with Gasteiger partial charge in [-0.25, -0.2) is 0 Å². The molecule has 1 amide bonds. The number of hydrogen-bond donors (Lipinski definition) is 2. The lowest BCUT2D eigenvalue weighted by Crippen LogP contribution is -2.36. The van der Waals surface area contributed by atoms with E-state index in [4.69, 9.17) is 5.11 Å². The minimum atomic E-state index is -0.826. The average molecular weight is 308 g/mol. The van der Waals surface area contributed by atoms with Gasteiger partial charge >= 0.3 is 5.97 Å². The molecule has 1 saturated heterocycles. The normalized spacial score (nSPS) is 19.0. The zero-order valence-electron chi connectivity index (χ0n) is 13.2. The number of aryl methyl sites for hydroxylation is 1. The van der Waals surface area contributed by atoms with Crippen molar-refractivity contribution in [1.29, 1.82) is 0 Å². The van der Waals surface area contributed by atoms with Crippen LogP contribution in [0.5, 0.6) is 0 Å². The predicted molar refractivity (Wildman–Crippen MR) is 81.8 cm³/mol. The van der Waals surface area contributed by atoms with Crippen LogP contribution in [0.4, 0.5) is 0 Å². The van der Waals surface area contributed by atoms with Crippen molar-refractivity contribution in [2.45, 2.75) is 33.2 Å². The van der Waals surface area contributed by atoms with E-state index in [2.05, 4.69) is 17.3 Å². The Morgan fingerprint density at radius 1 is 1.50 bits per heavy atom. The topological polar surface area (TPSA) is 87.5 Å². The van der Waals surface area contributed by atoms with Crippen molar-refractivity contribution in [2.75, 3.05) is 26.2 Å². The van der Waals surface area contributed by atoms with Gasteiger partial charge < -0.3 is 15.3 Å². The molecule has 0 bridgehead atoms. The van der Waals surface area contributed by atoms with E-state index >= 15 is 0 Å². The predicted octanol–water partition coefficient (Wildman–Crippen LogP) is 0.738. The first-order valence-electron chi connectivity index (χ1n) is 7.77. The van der Waals surface area contributed by atoms with E-state index in [0.29, 0.717) is 31.7 Å².